The molecule has 0 aromatic heterocycles. The molecule has 0 unspecified atom stereocenters. The van der Waals surface area contributed by atoms with E-state index in [2.05, 4.69) is 10.1 Å². The minimum Gasteiger partial charge on any atom is -0.490 e. The smallest absolute Gasteiger partial charge is 0.337 e. The zero-order chi connectivity index (χ0) is 27.2. The van der Waals surface area contributed by atoms with Crippen molar-refractivity contribution in [3.63, 3.8) is 0 Å². The molecule has 0 saturated carbocycles. The third-order valence-electron chi connectivity index (χ3n) is 5.57. The second-order valence-corrected chi connectivity index (χ2v) is 8.42. The predicted molar refractivity (Wildman–Crippen MR) is 140 cm³/mol. The number of imide groups is 2. The van der Waals surface area contributed by atoms with Crippen LogP contribution in [-0.4, -0.2) is 37.5 Å². The van der Waals surface area contributed by atoms with E-state index >= 15 is 0 Å². The average Bonchev–Trinajstić information content (AvgIpc) is 2.91. The van der Waals surface area contributed by atoms with Crippen molar-refractivity contribution in [3.8, 4) is 11.5 Å². The summed E-state index contributed by atoms with van der Waals surface area (Å²) in [6.07, 6.45) is 1.36. The quantitative estimate of drug-likeness (QED) is 0.252. The van der Waals surface area contributed by atoms with E-state index in [4.69, 9.17) is 21.1 Å². The molecule has 1 N–H and O–H groups in total. The lowest BCUT2D eigenvalue weighted by atomic mass is 10.1. The van der Waals surface area contributed by atoms with Crippen LogP contribution in [0.15, 0.2) is 72.3 Å². The number of benzene rings is 3. The summed E-state index contributed by atoms with van der Waals surface area (Å²) in [5.74, 6) is -1.35. The van der Waals surface area contributed by atoms with Crippen LogP contribution in [0.4, 0.5) is 10.5 Å². The lowest BCUT2D eigenvalue weighted by Gasteiger charge is -2.26. The van der Waals surface area contributed by atoms with Gasteiger partial charge in [-0.3, -0.25) is 14.9 Å². The Morgan fingerprint density at radius 1 is 0.974 bits per heavy atom. The van der Waals surface area contributed by atoms with Crippen molar-refractivity contribution in [2.45, 2.75) is 13.5 Å². The van der Waals surface area contributed by atoms with Crippen LogP contribution >= 0.6 is 11.6 Å². The van der Waals surface area contributed by atoms with Gasteiger partial charge in [0.25, 0.3) is 11.8 Å². The Labute approximate surface area is 223 Å². The molecule has 1 saturated heterocycles. The molecule has 1 heterocycles. The molecule has 194 valence electrons. The number of esters is 1. The number of hydrogen-bond donors (Lipinski definition) is 1. The van der Waals surface area contributed by atoms with Gasteiger partial charge in [-0.15, -0.1) is 0 Å². The molecular formula is C28H23ClN2O7. The summed E-state index contributed by atoms with van der Waals surface area (Å²) in [7, 11) is 1.25. The Morgan fingerprint density at radius 3 is 2.39 bits per heavy atom. The van der Waals surface area contributed by atoms with E-state index < -0.39 is 23.8 Å². The van der Waals surface area contributed by atoms with Crippen molar-refractivity contribution in [2.24, 2.45) is 0 Å². The number of methoxy groups -OCH3 is 1. The number of halogens is 1. The first-order valence-electron chi connectivity index (χ1n) is 11.5. The molecule has 9 nitrogen and oxygen atoms in total. The van der Waals surface area contributed by atoms with Crippen molar-refractivity contribution < 1.29 is 33.4 Å². The number of carbonyl (C=O) groups is 4. The normalized spacial score (nSPS) is 14.3. The highest BCUT2D eigenvalue weighted by Crippen LogP contribution is 2.31. The summed E-state index contributed by atoms with van der Waals surface area (Å²) in [5.41, 5.74) is 1.45. The summed E-state index contributed by atoms with van der Waals surface area (Å²) in [6, 6.07) is 17.0. The number of rotatable bonds is 8. The number of hydrogen-bond acceptors (Lipinski definition) is 7. The number of urea groups is 1. The Bertz CT molecular complexity index is 1430. The van der Waals surface area contributed by atoms with Crippen LogP contribution in [0.5, 0.6) is 11.5 Å². The van der Waals surface area contributed by atoms with Crippen molar-refractivity contribution in [3.05, 3.63) is 94.0 Å². The molecule has 38 heavy (non-hydrogen) atoms. The Hall–Kier alpha value is -4.63. The first-order valence-corrected chi connectivity index (χ1v) is 11.9. The standard InChI is InChI=1S/C28H23ClN2O7/c1-3-37-24-15-17(8-13-23(24)38-16-19-6-4-5-7-22(19)29)14-21-25(32)30-28(35)31(26(21)33)20-11-9-18(10-12-20)27(34)36-2/h4-15H,3,16H2,1-2H3,(H,30,32,35)/b21-14+. The molecule has 4 amide bonds. The average molecular weight is 535 g/mol. The lowest BCUT2D eigenvalue weighted by molar-refractivity contribution is -0.122. The first kappa shape index (κ1) is 26.4. The molecule has 1 fully saturated rings. The minimum atomic E-state index is -0.902. The fraction of sp³-hybridized carbons (Fsp3) is 0.143. The van der Waals surface area contributed by atoms with Crippen LogP contribution in [0.2, 0.25) is 5.02 Å². The highest BCUT2D eigenvalue weighted by atomic mass is 35.5. The van der Waals surface area contributed by atoms with Gasteiger partial charge in [0, 0.05) is 10.6 Å². The van der Waals surface area contributed by atoms with Gasteiger partial charge in [-0.1, -0.05) is 35.9 Å². The molecule has 0 spiro atoms. The molecule has 0 bridgehead atoms. The van der Waals surface area contributed by atoms with Crippen molar-refractivity contribution in [1.29, 1.82) is 0 Å². The van der Waals surface area contributed by atoms with Gasteiger partial charge in [0.1, 0.15) is 12.2 Å². The number of nitrogens with zero attached hydrogens (tertiary/aromatic N) is 1. The SMILES string of the molecule is CCOc1cc(/C=C2\C(=O)NC(=O)N(c3ccc(C(=O)OC)cc3)C2=O)ccc1OCc1ccccc1Cl. The molecule has 3 aromatic carbocycles. The topological polar surface area (TPSA) is 111 Å². The zero-order valence-corrected chi connectivity index (χ0v) is 21.3. The summed E-state index contributed by atoms with van der Waals surface area (Å²) in [5, 5.41) is 2.75. The van der Waals surface area contributed by atoms with Crippen LogP contribution in [0, 0.1) is 0 Å². The number of barbiturate groups is 1. The molecule has 3 aromatic rings. The number of amides is 4. The van der Waals surface area contributed by atoms with Crippen molar-refractivity contribution in [2.75, 3.05) is 18.6 Å². The highest BCUT2D eigenvalue weighted by molar-refractivity contribution is 6.39. The van der Waals surface area contributed by atoms with Gasteiger partial charge in [-0.05, 0) is 61.0 Å². The molecule has 1 aliphatic rings. The first-order chi connectivity index (χ1) is 18.3. The second-order valence-electron chi connectivity index (χ2n) is 8.02. The Morgan fingerprint density at radius 2 is 1.71 bits per heavy atom. The molecular weight excluding hydrogens is 512 g/mol. The van der Waals surface area contributed by atoms with Gasteiger partial charge in [-0.25, -0.2) is 14.5 Å². The minimum absolute atomic E-state index is 0.178. The fourth-order valence-electron chi connectivity index (χ4n) is 3.70. The van der Waals surface area contributed by atoms with E-state index in [0.717, 1.165) is 10.5 Å². The van der Waals surface area contributed by atoms with Gasteiger partial charge < -0.3 is 14.2 Å². The van der Waals surface area contributed by atoms with E-state index in [1.165, 1.54) is 37.5 Å². The van der Waals surface area contributed by atoms with Gasteiger partial charge in [0.05, 0.1) is 25.0 Å². The maximum Gasteiger partial charge on any atom is 0.337 e. The van der Waals surface area contributed by atoms with Gasteiger partial charge >= 0.3 is 12.0 Å². The van der Waals surface area contributed by atoms with E-state index in [-0.39, 0.29) is 23.4 Å². The van der Waals surface area contributed by atoms with E-state index in [1.54, 1.807) is 24.3 Å². The van der Waals surface area contributed by atoms with E-state index in [0.29, 0.717) is 28.7 Å². The molecule has 0 atom stereocenters. The van der Waals surface area contributed by atoms with E-state index in [9.17, 15) is 19.2 Å². The molecule has 0 radical (unpaired) electrons. The van der Waals surface area contributed by atoms with Gasteiger partial charge in [-0.2, -0.15) is 0 Å². The monoisotopic (exact) mass is 534 g/mol. The van der Waals surface area contributed by atoms with E-state index in [1.807, 2.05) is 25.1 Å². The lowest BCUT2D eigenvalue weighted by Crippen LogP contribution is -2.54. The van der Waals surface area contributed by atoms with Crippen LogP contribution in [0.25, 0.3) is 6.08 Å². The molecule has 0 aliphatic carbocycles. The summed E-state index contributed by atoms with van der Waals surface area (Å²) < 4.78 is 16.3. The summed E-state index contributed by atoms with van der Waals surface area (Å²) in [6.45, 7) is 2.38. The maximum absolute atomic E-state index is 13.2. The maximum atomic E-state index is 13.2. The second kappa shape index (κ2) is 11.6. The third kappa shape index (κ3) is 5.68. The molecule has 10 heteroatoms. The third-order valence-corrected chi connectivity index (χ3v) is 5.94. The summed E-state index contributed by atoms with van der Waals surface area (Å²) in [4.78, 5) is 50.8. The van der Waals surface area contributed by atoms with Crippen LogP contribution < -0.4 is 19.7 Å². The predicted octanol–water partition coefficient (Wildman–Crippen LogP) is 4.77. The largest absolute Gasteiger partial charge is 0.490 e. The van der Waals surface area contributed by atoms with Crippen LogP contribution in [0.3, 0.4) is 0 Å². The number of carbonyl (C=O) groups excluding carboxylic acids is 4. The van der Waals surface area contributed by atoms with Gasteiger partial charge in [0.2, 0.25) is 0 Å². The fourth-order valence-corrected chi connectivity index (χ4v) is 3.89. The summed E-state index contributed by atoms with van der Waals surface area (Å²) >= 11 is 6.21. The van der Waals surface area contributed by atoms with Crippen LogP contribution in [-0.2, 0) is 20.9 Å². The highest BCUT2D eigenvalue weighted by Gasteiger charge is 2.37. The molecule has 4 rings (SSSR count). The number of nitrogens with one attached hydrogen (secondary N) is 1. The van der Waals surface area contributed by atoms with Crippen LogP contribution in [0.1, 0.15) is 28.4 Å². The van der Waals surface area contributed by atoms with Crippen molar-refractivity contribution >= 4 is 47.2 Å². The Balaban J connectivity index is 1.60. The number of ether oxygens (including phenoxy) is 3. The van der Waals surface area contributed by atoms with Crippen molar-refractivity contribution in [1.82, 2.24) is 5.32 Å². The van der Waals surface area contributed by atoms with Gasteiger partial charge in [0.15, 0.2) is 11.5 Å². The number of anilines is 1. The molecule has 1 aliphatic heterocycles. The Kier molecular flexibility index (Phi) is 8.08. The zero-order valence-electron chi connectivity index (χ0n) is 20.5.